The molecule has 2 amide bonds. The minimum absolute atomic E-state index is 0.346. The monoisotopic (exact) mass is 318 g/mol. The minimum atomic E-state index is -1.07. The van der Waals surface area contributed by atoms with Crippen molar-refractivity contribution in [3.8, 4) is 0 Å². The number of likely N-dealkylation sites (tertiary alicyclic amines) is 1. The van der Waals surface area contributed by atoms with Crippen molar-refractivity contribution >= 4 is 29.7 Å². The van der Waals surface area contributed by atoms with E-state index in [1.54, 1.807) is 0 Å². The van der Waals surface area contributed by atoms with E-state index in [-0.39, 0.29) is 0 Å². The number of hydrogen-bond acceptors (Lipinski definition) is 5. The zero-order chi connectivity index (χ0) is 15.8. The first kappa shape index (κ1) is 17.6. The second-order valence-electron chi connectivity index (χ2n) is 4.85. The van der Waals surface area contributed by atoms with Crippen molar-refractivity contribution in [2.45, 2.75) is 37.8 Å². The Labute approximate surface area is 128 Å². The van der Waals surface area contributed by atoms with Crippen LogP contribution in [0.2, 0.25) is 0 Å². The number of methoxy groups -OCH3 is 1. The minimum Gasteiger partial charge on any atom is -0.480 e. The molecule has 0 radical (unpaired) electrons. The van der Waals surface area contributed by atoms with Crippen LogP contribution in [0.3, 0.4) is 0 Å². The van der Waals surface area contributed by atoms with Crippen LogP contribution >= 0.6 is 11.8 Å². The molecule has 0 aromatic heterocycles. The Morgan fingerprint density at radius 3 is 2.71 bits per heavy atom. The fraction of sp³-hybridized carbons (Fsp3) is 0.769. The molecule has 120 valence electrons. The smallest absolute Gasteiger partial charge is 0.328 e. The summed E-state index contributed by atoms with van der Waals surface area (Å²) in [5.41, 5.74) is 0. The van der Waals surface area contributed by atoms with E-state index in [1.807, 2.05) is 6.26 Å². The number of carbonyl (C=O) groups is 3. The number of hydrogen-bond donors (Lipinski definition) is 2. The molecule has 2 N–H and O–H groups in total. The Morgan fingerprint density at radius 2 is 2.14 bits per heavy atom. The van der Waals surface area contributed by atoms with Crippen LogP contribution < -0.4 is 5.32 Å². The maximum absolute atomic E-state index is 12.2. The summed E-state index contributed by atoms with van der Waals surface area (Å²) in [7, 11) is 1.28. The van der Waals surface area contributed by atoms with Crippen LogP contribution in [0.25, 0.3) is 0 Å². The van der Waals surface area contributed by atoms with E-state index in [4.69, 9.17) is 9.84 Å². The number of piperidine rings is 1. The van der Waals surface area contributed by atoms with Gasteiger partial charge in [-0.25, -0.2) is 14.4 Å². The predicted octanol–water partition coefficient (Wildman–Crippen LogP) is 0.930. The van der Waals surface area contributed by atoms with E-state index in [9.17, 15) is 14.4 Å². The average Bonchev–Trinajstić information content (AvgIpc) is 2.50. The first-order chi connectivity index (χ1) is 10.0. The maximum Gasteiger partial charge on any atom is 0.328 e. The molecule has 2 unspecified atom stereocenters. The Kier molecular flexibility index (Phi) is 7.35. The van der Waals surface area contributed by atoms with Gasteiger partial charge >= 0.3 is 18.0 Å². The molecule has 1 fully saturated rings. The van der Waals surface area contributed by atoms with Crippen molar-refractivity contribution < 1.29 is 24.2 Å². The third-order valence-corrected chi connectivity index (χ3v) is 4.09. The van der Waals surface area contributed by atoms with Gasteiger partial charge in [0, 0.05) is 6.54 Å². The molecule has 2 atom stereocenters. The summed E-state index contributed by atoms with van der Waals surface area (Å²) < 4.78 is 4.71. The van der Waals surface area contributed by atoms with Gasteiger partial charge in [-0.05, 0) is 37.7 Å². The number of carbonyl (C=O) groups excluding carboxylic acids is 2. The lowest BCUT2D eigenvalue weighted by atomic mass is 10.0. The van der Waals surface area contributed by atoms with E-state index >= 15 is 0 Å². The summed E-state index contributed by atoms with van der Waals surface area (Å²) in [6.07, 6.45) is 4.40. The van der Waals surface area contributed by atoms with Gasteiger partial charge in [0.2, 0.25) is 0 Å². The standard InChI is InChI=1S/C13H22N2O5S/c1-20-12(18)10-5-3-4-7-15(10)13(19)14-9(11(16)17)6-8-21-2/h9-10H,3-8H2,1-2H3,(H,14,19)(H,16,17). The lowest BCUT2D eigenvalue weighted by Crippen LogP contribution is -2.55. The van der Waals surface area contributed by atoms with Crippen molar-refractivity contribution in [1.29, 1.82) is 0 Å². The molecule has 1 aliphatic heterocycles. The Bertz CT molecular complexity index is 391. The number of esters is 1. The fourth-order valence-electron chi connectivity index (χ4n) is 2.28. The molecule has 0 aromatic rings. The number of carboxylic acids is 1. The topological polar surface area (TPSA) is 95.9 Å². The number of nitrogens with zero attached hydrogens (tertiary/aromatic N) is 1. The highest BCUT2D eigenvalue weighted by atomic mass is 32.2. The van der Waals surface area contributed by atoms with Gasteiger partial charge in [0.05, 0.1) is 7.11 Å². The Morgan fingerprint density at radius 1 is 1.43 bits per heavy atom. The Hall–Kier alpha value is -1.44. The summed E-state index contributed by atoms with van der Waals surface area (Å²) in [5.74, 6) is -0.887. The molecule has 0 saturated carbocycles. The second kappa shape index (κ2) is 8.76. The number of ether oxygens (including phenoxy) is 1. The average molecular weight is 318 g/mol. The quantitative estimate of drug-likeness (QED) is 0.707. The highest BCUT2D eigenvalue weighted by Gasteiger charge is 2.34. The summed E-state index contributed by atoms with van der Waals surface area (Å²) in [6, 6.07) is -2.08. The number of amides is 2. The molecular formula is C13H22N2O5S. The van der Waals surface area contributed by atoms with E-state index in [1.165, 1.54) is 23.8 Å². The van der Waals surface area contributed by atoms with E-state index < -0.39 is 30.1 Å². The lowest BCUT2D eigenvalue weighted by molar-refractivity contribution is -0.146. The molecule has 0 spiro atoms. The highest BCUT2D eigenvalue weighted by Crippen LogP contribution is 2.18. The number of carboxylic acid groups (broad SMARTS) is 1. The maximum atomic E-state index is 12.2. The van der Waals surface area contributed by atoms with Gasteiger partial charge in [-0.2, -0.15) is 11.8 Å². The molecule has 1 rings (SSSR count). The molecule has 8 heteroatoms. The molecule has 1 saturated heterocycles. The van der Waals surface area contributed by atoms with Gasteiger partial charge in [0.1, 0.15) is 12.1 Å². The fourth-order valence-corrected chi connectivity index (χ4v) is 2.75. The zero-order valence-corrected chi connectivity index (χ0v) is 13.1. The largest absolute Gasteiger partial charge is 0.480 e. The van der Waals surface area contributed by atoms with Crippen molar-refractivity contribution in [3.63, 3.8) is 0 Å². The van der Waals surface area contributed by atoms with E-state index in [0.717, 1.165) is 12.8 Å². The molecule has 0 bridgehead atoms. The Balaban J connectivity index is 2.69. The van der Waals surface area contributed by atoms with Gasteiger partial charge in [0.25, 0.3) is 0 Å². The summed E-state index contributed by atoms with van der Waals surface area (Å²) in [5, 5.41) is 11.6. The molecule has 1 heterocycles. The summed E-state index contributed by atoms with van der Waals surface area (Å²) >= 11 is 1.52. The van der Waals surface area contributed by atoms with Gasteiger partial charge in [0.15, 0.2) is 0 Å². The van der Waals surface area contributed by atoms with Crippen LogP contribution in [0, 0.1) is 0 Å². The van der Waals surface area contributed by atoms with Gasteiger partial charge < -0.3 is 20.1 Å². The van der Waals surface area contributed by atoms with Crippen LogP contribution in [0.4, 0.5) is 4.79 Å². The van der Waals surface area contributed by atoms with Crippen molar-refractivity contribution in [2.24, 2.45) is 0 Å². The molecule has 0 aromatic carbocycles. The summed E-state index contributed by atoms with van der Waals surface area (Å²) in [6.45, 7) is 0.431. The van der Waals surface area contributed by atoms with Crippen molar-refractivity contribution in [3.05, 3.63) is 0 Å². The first-order valence-electron chi connectivity index (χ1n) is 6.88. The number of nitrogens with one attached hydrogen (secondary N) is 1. The van der Waals surface area contributed by atoms with Crippen LogP contribution in [0.15, 0.2) is 0 Å². The SMILES string of the molecule is COC(=O)C1CCCCN1C(=O)NC(CCSC)C(=O)O. The third kappa shape index (κ3) is 5.11. The second-order valence-corrected chi connectivity index (χ2v) is 5.84. The predicted molar refractivity (Wildman–Crippen MR) is 79.3 cm³/mol. The number of urea groups is 1. The van der Waals surface area contributed by atoms with Crippen LogP contribution in [0.5, 0.6) is 0 Å². The lowest BCUT2D eigenvalue weighted by Gasteiger charge is -2.34. The van der Waals surface area contributed by atoms with Crippen LogP contribution in [-0.4, -0.2) is 65.7 Å². The molecule has 7 nitrogen and oxygen atoms in total. The molecule has 0 aliphatic carbocycles. The van der Waals surface area contributed by atoms with Crippen LogP contribution in [0.1, 0.15) is 25.7 Å². The van der Waals surface area contributed by atoms with Gasteiger partial charge in [-0.15, -0.1) is 0 Å². The zero-order valence-electron chi connectivity index (χ0n) is 12.3. The molecule has 1 aliphatic rings. The van der Waals surface area contributed by atoms with E-state index in [0.29, 0.717) is 25.1 Å². The van der Waals surface area contributed by atoms with E-state index in [2.05, 4.69) is 5.32 Å². The highest BCUT2D eigenvalue weighted by molar-refractivity contribution is 7.98. The number of thioether (sulfide) groups is 1. The molecule has 21 heavy (non-hydrogen) atoms. The van der Waals surface area contributed by atoms with Crippen molar-refractivity contribution in [2.75, 3.05) is 25.7 Å². The number of aliphatic carboxylic acids is 1. The third-order valence-electron chi connectivity index (χ3n) is 3.44. The normalized spacial score (nSPS) is 19.7. The van der Waals surface area contributed by atoms with Gasteiger partial charge in [-0.1, -0.05) is 0 Å². The van der Waals surface area contributed by atoms with Crippen LogP contribution in [-0.2, 0) is 14.3 Å². The summed E-state index contributed by atoms with van der Waals surface area (Å²) in [4.78, 5) is 36.5. The first-order valence-corrected chi connectivity index (χ1v) is 8.27. The van der Waals surface area contributed by atoms with Crippen molar-refractivity contribution in [1.82, 2.24) is 10.2 Å². The molecular weight excluding hydrogens is 296 g/mol. The number of rotatable bonds is 6. The van der Waals surface area contributed by atoms with Gasteiger partial charge in [-0.3, -0.25) is 0 Å².